The molecule has 39 heavy (non-hydrogen) atoms. The number of ketones is 2. The van der Waals surface area contributed by atoms with E-state index in [1.54, 1.807) is 48.5 Å². The normalized spacial score (nSPS) is 16.4. The van der Waals surface area contributed by atoms with Crippen LogP contribution in [0.15, 0.2) is 96.8 Å². The Labute approximate surface area is 226 Å². The van der Waals surface area contributed by atoms with Crippen LogP contribution in [0.1, 0.15) is 28.4 Å². The topological polar surface area (TPSA) is 61.8 Å². The number of hydrogen-bond donors (Lipinski definition) is 0. The van der Waals surface area contributed by atoms with Gasteiger partial charge in [0.05, 0.1) is 25.7 Å². The highest BCUT2D eigenvalue weighted by atomic mass is 19.1. The van der Waals surface area contributed by atoms with Crippen LogP contribution in [0.5, 0.6) is 5.75 Å². The maximum Gasteiger partial charge on any atom is 0.229 e. The number of rotatable bonds is 13. The van der Waals surface area contributed by atoms with Crippen molar-refractivity contribution in [1.82, 2.24) is 0 Å². The maximum atomic E-state index is 13.8. The molecule has 202 valence electrons. The van der Waals surface area contributed by atoms with E-state index in [0.717, 1.165) is 23.8 Å². The summed E-state index contributed by atoms with van der Waals surface area (Å²) in [5.41, 5.74) is 1.51. The van der Waals surface area contributed by atoms with E-state index in [-0.39, 0.29) is 24.7 Å². The van der Waals surface area contributed by atoms with Crippen molar-refractivity contribution in [3.8, 4) is 5.75 Å². The summed E-state index contributed by atoms with van der Waals surface area (Å²) >= 11 is 0. The standard InChI is InChI=1S/C32H30F2O5/c1-2-38-28-14-10-24(29(19-28)32(36)31(35)23-6-4-3-5-7-23)20-37-17-16-22-8-12-27(13-9-22)39-21-25-18-26(33)11-15-30(25)34/h3-15,18-19,24,29H,2,16-17,20-21H2,1H3. The number of halogens is 2. The van der Waals surface area contributed by atoms with Gasteiger partial charge in [0.1, 0.15) is 29.8 Å². The fraction of sp³-hybridized carbons (Fsp3) is 0.250. The Bertz CT molecular complexity index is 1330. The summed E-state index contributed by atoms with van der Waals surface area (Å²) in [4.78, 5) is 26.0. The number of ether oxygens (including phenoxy) is 3. The van der Waals surface area contributed by atoms with Crippen molar-refractivity contribution in [2.24, 2.45) is 11.8 Å². The maximum absolute atomic E-state index is 13.8. The number of hydrogen-bond acceptors (Lipinski definition) is 5. The second kappa shape index (κ2) is 13.6. The fourth-order valence-corrected chi connectivity index (χ4v) is 4.25. The van der Waals surface area contributed by atoms with E-state index in [4.69, 9.17) is 14.2 Å². The molecule has 0 radical (unpaired) electrons. The van der Waals surface area contributed by atoms with Crippen LogP contribution in [0, 0.1) is 23.5 Å². The quantitative estimate of drug-likeness (QED) is 0.147. The van der Waals surface area contributed by atoms with E-state index in [2.05, 4.69) is 0 Å². The van der Waals surface area contributed by atoms with Crippen LogP contribution in [0.2, 0.25) is 0 Å². The monoisotopic (exact) mass is 532 g/mol. The molecule has 2 unspecified atom stereocenters. The van der Waals surface area contributed by atoms with Crippen molar-refractivity contribution in [3.05, 3.63) is 125 Å². The molecular weight excluding hydrogens is 502 g/mol. The first-order valence-corrected chi connectivity index (χ1v) is 12.8. The molecule has 0 aliphatic heterocycles. The molecule has 0 N–H and O–H groups in total. The van der Waals surface area contributed by atoms with Gasteiger partial charge in [-0.1, -0.05) is 48.5 Å². The van der Waals surface area contributed by atoms with Gasteiger partial charge in [-0.25, -0.2) is 8.78 Å². The zero-order valence-electron chi connectivity index (χ0n) is 21.6. The van der Waals surface area contributed by atoms with Gasteiger partial charge >= 0.3 is 0 Å². The summed E-state index contributed by atoms with van der Waals surface area (Å²) < 4.78 is 44.2. The van der Waals surface area contributed by atoms with E-state index in [9.17, 15) is 18.4 Å². The smallest absolute Gasteiger partial charge is 0.229 e. The summed E-state index contributed by atoms with van der Waals surface area (Å²) in [5, 5.41) is 0. The molecule has 7 heteroatoms. The second-order valence-electron chi connectivity index (χ2n) is 9.10. The van der Waals surface area contributed by atoms with Crippen molar-refractivity contribution in [2.45, 2.75) is 20.0 Å². The minimum atomic E-state index is -0.677. The minimum Gasteiger partial charge on any atom is -0.494 e. The predicted octanol–water partition coefficient (Wildman–Crippen LogP) is 6.28. The summed E-state index contributed by atoms with van der Waals surface area (Å²) in [7, 11) is 0. The molecule has 0 bridgehead atoms. The first-order valence-electron chi connectivity index (χ1n) is 12.8. The zero-order chi connectivity index (χ0) is 27.6. The Morgan fingerprint density at radius 1 is 0.923 bits per heavy atom. The Morgan fingerprint density at radius 2 is 1.69 bits per heavy atom. The predicted molar refractivity (Wildman–Crippen MR) is 143 cm³/mol. The van der Waals surface area contributed by atoms with Gasteiger partial charge in [0.15, 0.2) is 0 Å². The number of allylic oxidation sites excluding steroid dienone is 2. The van der Waals surface area contributed by atoms with Crippen molar-refractivity contribution in [3.63, 3.8) is 0 Å². The van der Waals surface area contributed by atoms with Crippen molar-refractivity contribution in [1.29, 1.82) is 0 Å². The molecule has 0 amide bonds. The number of benzene rings is 3. The molecule has 4 rings (SSSR count). The highest BCUT2D eigenvalue weighted by molar-refractivity contribution is 6.44. The van der Waals surface area contributed by atoms with E-state index in [1.807, 2.05) is 31.2 Å². The molecule has 0 aromatic heterocycles. The highest BCUT2D eigenvalue weighted by Gasteiger charge is 2.32. The van der Waals surface area contributed by atoms with Crippen molar-refractivity contribution in [2.75, 3.05) is 19.8 Å². The summed E-state index contributed by atoms with van der Waals surface area (Å²) in [6, 6.07) is 19.1. The average Bonchev–Trinajstić information content (AvgIpc) is 2.96. The lowest BCUT2D eigenvalue weighted by atomic mass is 9.82. The van der Waals surface area contributed by atoms with Gasteiger partial charge in [0, 0.05) is 17.0 Å². The molecule has 2 atom stereocenters. The van der Waals surface area contributed by atoms with Gasteiger partial charge in [0.2, 0.25) is 11.6 Å². The Hall–Kier alpha value is -4.10. The number of carbonyl (C=O) groups is 2. The van der Waals surface area contributed by atoms with Gasteiger partial charge in [-0.15, -0.1) is 0 Å². The molecule has 3 aromatic rings. The lowest BCUT2D eigenvalue weighted by Crippen LogP contribution is -2.32. The van der Waals surface area contributed by atoms with Crippen LogP contribution < -0.4 is 4.74 Å². The van der Waals surface area contributed by atoms with Gasteiger partial charge in [-0.3, -0.25) is 9.59 Å². The van der Waals surface area contributed by atoms with Gasteiger partial charge < -0.3 is 14.2 Å². The summed E-state index contributed by atoms with van der Waals surface area (Å²) in [5.74, 6) is -1.93. The van der Waals surface area contributed by atoms with Crippen LogP contribution in [0.25, 0.3) is 0 Å². The number of carbonyl (C=O) groups excluding carboxylic acids is 2. The van der Waals surface area contributed by atoms with E-state index in [0.29, 0.717) is 36.7 Å². The first kappa shape index (κ1) is 27.9. The third-order valence-corrected chi connectivity index (χ3v) is 6.36. The van der Waals surface area contributed by atoms with Crippen LogP contribution in [-0.2, 0) is 27.3 Å². The highest BCUT2D eigenvalue weighted by Crippen LogP contribution is 2.27. The van der Waals surface area contributed by atoms with Crippen LogP contribution >= 0.6 is 0 Å². The van der Waals surface area contributed by atoms with E-state index < -0.39 is 29.1 Å². The molecule has 0 saturated heterocycles. The largest absolute Gasteiger partial charge is 0.494 e. The van der Waals surface area contributed by atoms with Crippen LogP contribution in [-0.4, -0.2) is 31.4 Å². The SMILES string of the molecule is CCOC1=CC(C(=O)C(=O)c2ccccc2)C(COCCc2ccc(OCc3cc(F)ccc3F)cc2)C=C1. The van der Waals surface area contributed by atoms with Crippen LogP contribution in [0.3, 0.4) is 0 Å². The average molecular weight is 533 g/mol. The Kier molecular flexibility index (Phi) is 9.75. The van der Waals surface area contributed by atoms with Gasteiger partial charge in [-0.2, -0.15) is 0 Å². The summed E-state index contributed by atoms with van der Waals surface area (Å²) in [6.45, 7) is 2.92. The third-order valence-electron chi connectivity index (χ3n) is 6.36. The molecule has 0 saturated carbocycles. The van der Waals surface area contributed by atoms with Gasteiger partial charge in [-0.05, 0) is 61.4 Å². The first-order chi connectivity index (χ1) is 18.9. The Balaban J connectivity index is 1.29. The summed E-state index contributed by atoms with van der Waals surface area (Å²) in [6.07, 6.45) is 5.99. The molecular formula is C32H30F2O5. The molecule has 0 fully saturated rings. The molecule has 0 spiro atoms. The van der Waals surface area contributed by atoms with Gasteiger partial charge in [0.25, 0.3) is 0 Å². The molecule has 0 heterocycles. The number of Topliss-reactive ketones (excluding diaryl/α,β-unsaturated/α-hetero) is 2. The fourth-order valence-electron chi connectivity index (χ4n) is 4.25. The zero-order valence-corrected chi connectivity index (χ0v) is 21.6. The third kappa shape index (κ3) is 7.71. The lowest BCUT2D eigenvalue weighted by molar-refractivity contribution is -0.119. The molecule has 5 nitrogen and oxygen atoms in total. The molecule has 1 aliphatic rings. The van der Waals surface area contributed by atoms with E-state index >= 15 is 0 Å². The second-order valence-corrected chi connectivity index (χ2v) is 9.10. The van der Waals surface area contributed by atoms with Crippen molar-refractivity contribution < 1.29 is 32.6 Å². The van der Waals surface area contributed by atoms with E-state index in [1.165, 1.54) is 0 Å². The molecule has 3 aromatic carbocycles. The van der Waals surface area contributed by atoms with Crippen LogP contribution in [0.4, 0.5) is 8.78 Å². The molecule has 1 aliphatic carbocycles. The Morgan fingerprint density at radius 3 is 2.44 bits per heavy atom. The lowest BCUT2D eigenvalue weighted by Gasteiger charge is -2.24. The minimum absolute atomic E-state index is 0.0763. The van der Waals surface area contributed by atoms with Crippen molar-refractivity contribution >= 4 is 11.6 Å².